The van der Waals surface area contributed by atoms with Crippen LogP contribution in [0.1, 0.15) is 31.9 Å². The van der Waals surface area contributed by atoms with Crippen LogP contribution in [0.15, 0.2) is 67.0 Å². The number of aromatic nitrogens is 1. The molecule has 9 heteroatoms. The Kier molecular flexibility index (Phi) is 7.10. The van der Waals surface area contributed by atoms with Gasteiger partial charge in [0.2, 0.25) is 0 Å². The summed E-state index contributed by atoms with van der Waals surface area (Å²) >= 11 is 0. The Labute approximate surface area is 208 Å². The number of pyridine rings is 1. The number of hydrogen-bond acceptors (Lipinski definition) is 5. The fraction of sp³-hybridized carbons (Fsp3) is 0.333. The van der Waals surface area contributed by atoms with E-state index in [1.807, 2.05) is 23.1 Å². The summed E-state index contributed by atoms with van der Waals surface area (Å²) in [5.74, 6) is 1.14. The highest BCUT2D eigenvalue weighted by molar-refractivity contribution is 5.71. The van der Waals surface area contributed by atoms with Gasteiger partial charge < -0.3 is 19.7 Å². The quantitative estimate of drug-likeness (QED) is 0.422. The van der Waals surface area contributed by atoms with Crippen LogP contribution < -0.4 is 15.0 Å². The van der Waals surface area contributed by atoms with E-state index in [0.29, 0.717) is 36.7 Å². The minimum absolute atomic E-state index is 0.0500. The van der Waals surface area contributed by atoms with Crippen LogP contribution in [0, 0.1) is 5.92 Å². The first-order valence-corrected chi connectivity index (χ1v) is 11.6. The molecule has 1 amide bonds. The van der Waals surface area contributed by atoms with Crippen LogP contribution in [-0.4, -0.2) is 29.8 Å². The molecule has 0 bridgehead atoms. The summed E-state index contributed by atoms with van der Waals surface area (Å²) < 4.78 is 50.9. The lowest BCUT2D eigenvalue weighted by Crippen LogP contribution is -2.41. The highest BCUT2D eigenvalue weighted by Gasteiger charge is 2.32. The summed E-state index contributed by atoms with van der Waals surface area (Å²) in [5.41, 5.74) is 1.01. The fourth-order valence-corrected chi connectivity index (χ4v) is 4.11. The van der Waals surface area contributed by atoms with Crippen LogP contribution in [0.4, 0.5) is 29.3 Å². The van der Waals surface area contributed by atoms with E-state index in [4.69, 9.17) is 9.47 Å². The van der Waals surface area contributed by atoms with Crippen LogP contribution in [0.3, 0.4) is 0 Å². The summed E-state index contributed by atoms with van der Waals surface area (Å²) in [6.45, 7) is 6.19. The number of ether oxygens (including phenoxy) is 2. The molecule has 1 aliphatic heterocycles. The Morgan fingerprint density at radius 2 is 1.83 bits per heavy atom. The van der Waals surface area contributed by atoms with Crippen LogP contribution >= 0.6 is 0 Å². The average molecular weight is 500 g/mol. The number of nitrogens with zero attached hydrogens (tertiary/aromatic N) is 2. The van der Waals surface area contributed by atoms with Crippen molar-refractivity contribution in [2.24, 2.45) is 5.92 Å². The fourth-order valence-electron chi connectivity index (χ4n) is 4.11. The lowest BCUT2D eigenvalue weighted by Gasteiger charge is -2.37. The minimum Gasteiger partial charge on any atom is -0.455 e. The number of hydrogen-bond donors (Lipinski definition) is 1. The van der Waals surface area contributed by atoms with Gasteiger partial charge in [-0.25, -0.2) is 4.79 Å². The average Bonchev–Trinajstić information content (AvgIpc) is 2.82. The lowest BCUT2D eigenvalue weighted by atomic mass is 9.91. The summed E-state index contributed by atoms with van der Waals surface area (Å²) in [4.78, 5) is 18.3. The molecule has 190 valence electrons. The van der Waals surface area contributed by atoms with Crippen LogP contribution in [-0.2, 0) is 17.3 Å². The van der Waals surface area contributed by atoms with Crippen molar-refractivity contribution in [3.63, 3.8) is 0 Å². The van der Waals surface area contributed by atoms with Gasteiger partial charge in [-0.2, -0.15) is 13.2 Å². The zero-order valence-electron chi connectivity index (χ0n) is 20.3. The molecule has 0 spiro atoms. The van der Waals surface area contributed by atoms with Crippen molar-refractivity contribution >= 4 is 17.5 Å². The van der Waals surface area contributed by atoms with Gasteiger partial charge in [0, 0.05) is 36.2 Å². The number of fused-ring (bicyclic) bond motifs is 1. The first-order chi connectivity index (χ1) is 17.0. The molecular weight excluding hydrogens is 471 g/mol. The molecule has 3 aromatic rings. The third kappa shape index (κ3) is 6.27. The van der Waals surface area contributed by atoms with Gasteiger partial charge in [-0.1, -0.05) is 6.07 Å². The molecule has 0 saturated heterocycles. The van der Waals surface area contributed by atoms with E-state index in [2.05, 4.69) is 10.3 Å². The highest BCUT2D eigenvalue weighted by Crippen LogP contribution is 2.42. The maximum atomic E-state index is 13.1. The van der Waals surface area contributed by atoms with Crippen molar-refractivity contribution in [2.45, 2.75) is 39.0 Å². The molecule has 0 aliphatic carbocycles. The number of carbonyl (C=O) groups is 1. The first kappa shape index (κ1) is 25.3. The van der Waals surface area contributed by atoms with Gasteiger partial charge in [0.25, 0.3) is 0 Å². The van der Waals surface area contributed by atoms with E-state index in [1.54, 1.807) is 45.3 Å². The number of benzene rings is 2. The number of alkyl carbamates (subject to hydrolysis) is 1. The summed E-state index contributed by atoms with van der Waals surface area (Å²) in [6.07, 6.45) is -1.08. The molecule has 4 rings (SSSR count). The smallest absolute Gasteiger partial charge is 0.416 e. The number of alkyl halides is 3. The van der Waals surface area contributed by atoms with Crippen LogP contribution in [0.25, 0.3) is 0 Å². The third-order valence-corrected chi connectivity index (χ3v) is 5.64. The number of carbonyl (C=O) groups excluding carboxylic acids is 1. The van der Waals surface area contributed by atoms with E-state index >= 15 is 0 Å². The summed E-state index contributed by atoms with van der Waals surface area (Å²) in [7, 11) is 0. The second-order valence-electron chi connectivity index (χ2n) is 9.65. The Hall–Kier alpha value is -3.75. The zero-order chi connectivity index (χ0) is 25.9. The van der Waals surface area contributed by atoms with Crippen LogP contribution in [0.5, 0.6) is 11.5 Å². The molecule has 0 radical (unpaired) electrons. The molecule has 0 saturated carbocycles. The van der Waals surface area contributed by atoms with Crippen molar-refractivity contribution in [1.82, 2.24) is 10.3 Å². The Morgan fingerprint density at radius 1 is 1.08 bits per heavy atom. The zero-order valence-corrected chi connectivity index (χ0v) is 20.3. The van der Waals surface area contributed by atoms with E-state index in [-0.39, 0.29) is 5.92 Å². The first-order valence-electron chi connectivity index (χ1n) is 11.6. The monoisotopic (exact) mass is 499 g/mol. The van der Waals surface area contributed by atoms with Gasteiger partial charge in [0.05, 0.1) is 11.8 Å². The van der Waals surface area contributed by atoms with Crippen molar-refractivity contribution in [1.29, 1.82) is 0 Å². The maximum absolute atomic E-state index is 13.1. The highest BCUT2D eigenvalue weighted by atomic mass is 19.4. The number of halogens is 3. The number of nitrogens with one attached hydrogen (secondary N) is 1. The molecule has 1 N–H and O–H groups in total. The van der Waals surface area contributed by atoms with Crippen LogP contribution in [0.2, 0.25) is 0 Å². The third-order valence-electron chi connectivity index (χ3n) is 5.64. The van der Waals surface area contributed by atoms with Gasteiger partial charge in [0.1, 0.15) is 17.1 Å². The standard InChI is InChI=1S/C27H28F3N3O3/c1-26(2,3)36-25(34)32-15-18-14-22-23(7-4-8-24(22)35-21-6-5-13-31-16-21)33(17-18)20-11-9-19(10-12-20)27(28,29)30/h4-13,16,18H,14-15,17H2,1-3H3,(H,32,34). The van der Waals surface area contributed by atoms with Crippen molar-refractivity contribution < 1.29 is 27.4 Å². The predicted molar refractivity (Wildman–Crippen MR) is 131 cm³/mol. The molecule has 6 nitrogen and oxygen atoms in total. The molecule has 1 aliphatic rings. The Morgan fingerprint density at radius 3 is 2.47 bits per heavy atom. The molecular formula is C27H28F3N3O3. The van der Waals surface area contributed by atoms with Gasteiger partial charge in [-0.05, 0) is 81.6 Å². The van der Waals surface area contributed by atoms with E-state index < -0.39 is 23.4 Å². The largest absolute Gasteiger partial charge is 0.455 e. The van der Waals surface area contributed by atoms with E-state index in [0.717, 1.165) is 23.4 Å². The maximum Gasteiger partial charge on any atom is 0.416 e. The molecule has 1 aromatic heterocycles. The minimum atomic E-state index is -4.41. The van der Waals surface area contributed by atoms with Gasteiger partial charge in [-0.3, -0.25) is 4.98 Å². The molecule has 1 atom stereocenters. The topological polar surface area (TPSA) is 63.7 Å². The van der Waals surface area contributed by atoms with Gasteiger partial charge in [-0.15, -0.1) is 0 Å². The molecule has 2 heterocycles. The molecule has 0 fully saturated rings. The van der Waals surface area contributed by atoms with Crippen molar-refractivity contribution in [3.8, 4) is 11.5 Å². The SMILES string of the molecule is CC(C)(C)OC(=O)NCC1Cc2c(Oc3cccnc3)cccc2N(c2ccc(C(F)(F)F)cc2)C1. The van der Waals surface area contributed by atoms with Crippen molar-refractivity contribution in [3.05, 3.63) is 78.1 Å². The normalized spacial score (nSPS) is 15.7. The predicted octanol–water partition coefficient (Wildman–Crippen LogP) is 6.73. The molecule has 2 aromatic carbocycles. The lowest BCUT2D eigenvalue weighted by molar-refractivity contribution is -0.137. The van der Waals surface area contributed by atoms with Gasteiger partial charge in [0.15, 0.2) is 0 Å². The molecule has 36 heavy (non-hydrogen) atoms. The second-order valence-corrected chi connectivity index (χ2v) is 9.65. The Bertz CT molecular complexity index is 1190. The second kappa shape index (κ2) is 10.1. The Balaban J connectivity index is 1.64. The van der Waals surface area contributed by atoms with Gasteiger partial charge >= 0.3 is 12.3 Å². The molecule has 1 unspecified atom stereocenters. The van der Waals surface area contributed by atoms with E-state index in [9.17, 15) is 18.0 Å². The van der Waals surface area contributed by atoms with E-state index in [1.165, 1.54) is 12.1 Å². The summed E-state index contributed by atoms with van der Waals surface area (Å²) in [5, 5.41) is 2.82. The summed E-state index contributed by atoms with van der Waals surface area (Å²) in [6, 6.07) is 14.3. The van der Waals surface area contributed by atoms with Crippen molar-refractivity contribution in [2.75, 3.05) is 18.0 Å². The number of amides is 1. The number of anilines is 2. The number of rotatable bonds is 5.